The molecule has 1 amide bonds. The molecule has 0 unspecified atom stereocenters. The Bertz CT molecular complexity index is 1050. The number of amides is 1. The SMILES string of the molecule is O=C(Cn1nnc(-c2ccccc2)n1)NNS(=O)(=O)c1c(F)cccc1F. The van der Waals surface area contributed by atoms with E-state index in [0.717, 1.165) is 23.0 Å². The molecule has 3 aromatic rings. The van der Waals surface area contributed by atoms with E-state index >= 15 is 0 Å². The van der Waals surface area contributed by atoms with Crippen LogP contribution in [0.4, 0.5) is 8.78 Å². The topological polar surface area (TPSA) is 119 Å². The lowest BCUT2D eigenvalue weighted by Crippen LogP contribution is -2.43. The zero-order valence-electron chi connectivity index (χ0n) is 13.5. The van der Waals surface area contributed by atoms with Crippen molar-refractivity contribution in [3.05, 3.63) is 60.2 Å². The monoisotopic (exact) mass is 394 g/mol. The molecule has 1 aromatic heterocycles. The molecule has 140 valence electrons. The van der Waals surface area contributed by atoms with Gasteiger partial charge in [-0.25, -0.2) is 17.2 Å². The number of rotatable bonds is 6. The average molecular weight is 394 g/mol. The van der Waals surface area contributed by atoms with E-state index in [1.807, 2.05) is 11.5 Å². The van der Waals surface area contributed by atoms with Crippen molar-refractivity contribution in [3.8, 4) is 11.4 Å². The average Bonchev–Trinajstić information content (AvgIpc) is 3.09. The zero-order valence-corrected chi connectivity index (χ0v) is 14.3. The molecule has 27 heavy (non-hydrogen) atoms. The maximum absolute atomic E-state index is 13.6. The van der Waals surface area contributed by atoms with Gasteiger partial charge in [0.25, 0.3) is 15.9 Å². The second-order valence-corrected chi connectivity index (χ2v) is 6.83. The highest BCUT2D eigenvalue weighted by atomic mass is 32.2. The zero-order chi connectivity index (χ0) is 19.4. The van der Waals surface area contributed by atoms with E-state index < -0.39 is 39.0 Å². The molecule has 0 aliphatic rings. The summed E-state index contributed by atoms with van der Waals surface area (Å²) in [4.78, 5) is 13.2. The molecule has 1 heterocycles. The van der Waals surface area contributed by atoms with Crippen LogP contribution in [-0.4, -0.2) is 34.5 Å². The molecule has 0 aliphatic carbocycles. The Kier molecular flexibility index (Phi) is 5.19. The van der Waals surface area contributed by atoms with Crippen LogP contribution in [0.2, 0.25) is 0 Å². The number of benzene rings is 2. The second-order valence-electron chi connectivity index (χ2n) is 5.21. The number of hydrogen-bond donors (Lipinski definition) is 2. The van der Waals surface area contributed by atoms with Gasteiger partial charge in [-0.2, -0.15) is 4.80 Å². The Morgan fingerprint density at radius 2 is 1.70 bits per heavy atom. The van der Waals surface area contributed by atoms with Crippen LogP contribution in [0, 0.1) is 11.6 Å². The van der Waals surface area contributed by atoms with Gasteiger partial charge in [0, 0.05) is 5.56 Å². The fraction of sp³-hybridized carbons (Fsp3) is 0.0667. The van der Waals surface area contributed by atoms with E-state index in [1.165, 1.54) is 0 Å². The Morgan fingerprint density at radius 3 is 2.37 bits per heavy atom. The molecule has 0 radical (unpaired) electrons. The molecule has 12 heteroatoms. The lowest BCUT2D eigenvalue weighted by atomic mass is 10.2. The Hall–Kier alpha value is -3.25. The summed E-state index contributed by atoms with van der Waals surface area (Å²) < 4.78 is 51.1. The van der Waals surface area contributed by atoms with Gasteiger partial charge in [0.05, 0.1) is 0 Å². The van der Waals surface area contributed by atoms with Crippen molar-refractivity contribution in [1.29, 1.82) is 0 Å². The predicted octanol–water partition coefficient (Wildman–Crippen LogP) is 0.628. The summed E-state index contributed by atoms with van der Waals surface area (Å²) in [6.45, 7) is -0.470. The minimum Gasteiger partial charge on any atom is -0.276 e. The molecule has 0 saturated heterocycles. The lowest BCUT2D eigenvalue weighted by Gasteiger charge is -2.09. The first kappa shape index (κ1) is 18.5. The van der Waals surface area contributed by atoms with Gasteiger partial charge in [-0.1, -0.05) is 36.4 Å². The number of carbonyl (C=O) groups is 1. The van der Waals surface area contributed by atoms with Gasteiger partial charge in [-0.15, -0.1) is 15.0 Å². The number of nitrogens with one attached hydrogen (secondary N) is 2. The first-order chi connectivity index (χ1) is 12.9. The van der Waals surface area contributed by atoms with Crippen LogP contribution in [0.1, 0.15) is 0 Å². The van der Waals surface area contributed by atoms with Gasteiger partial charge in [-0.3, -0.25) is 10.2 Å². The maximum Gasteiger partial charge on any atom is 0.263 e. The molecule has 2 N–H and O–H groups in total. The van der Waals surface area contributed by atoms with Crippen molar-refractivity contribution in [3.63, 3.8) is 0 Å². The van der Waals surface area contributed by atoms with Gasteiger partial charge >= 0.3 is 0 Å². The molecule has 2 aromatic carbocycles. The molecule has 0 saturated carbocycles. The van der Waals surface area contributed by atoms with E-state index in [1.54, 1.807) is 29.1 Å². The molecule has 0 bridgehead atoms. The number of nitrogens with zero attached hydrogens (tertiary/aromatic N) is 4. The third-order valence-electron chi connectivity index (χ3n) is 3.28. The van der Waals surface area contributed by atoms with Crippen LogP contribution < -0.4 is 10.3 Å². The van der Waals surface area contributed by atoms with Crippen molar-refractivity contribution < 1.29 is 22.0 Å². The smallest absolute Gasteiger partial charge is 0.263 e. The quantitative estimate of drug-likeness (QED) is 0.592. The fourth-order valence-corrected chi connectivity index (χ4v) is 3.10. The van der Waals surface area contributed by atoms with Crippen LogP contribution in [0.5, 0.6) is 0 Å². The van der Waals surface area contributed by atoms with Crippen molar-refractivity contribution in [2.45, 2.75) is 11.4 Å². The van der Waals surface area contributed by atoms with Crippen molar-refractivity contribution in [1.82, 2.24) is 30.5 Å². The van der Waals surface area contributed by atoms with E-state index in [0.29, 0.717) is 5.56 Å². The van der Waals surface area contributed by atoms with Crippen molar-refractivity contribution >= 4 is 15.9 Å². The number of tetrazole rings is 1. The molecule has 0 fully saturated rings. The summed E-state index contributed by atoms with van der Waals surface area (Å²) in [5.74, 6) is -3.17. The summed E-state index contributed by atoms with van der Waals surface area (Å²) in [6, 6.07) is 11.4. The van der Waals surface area contributed by atoms with Gasteiger partial charge in [0.15, 0.2) is 4.90 Å². The van der Waals surface area contributed by atoms with Crippen molar-refractivity contribution in [2.24, 2.45) is 0 Å². The highest BCUT2D eigenvalue weighted by molar-refractivity contribution is 7.89. The third kappa shape index (κ3) is 4.30. The number of aromatic nitrogens is 4. The maximum atomic E-state index is 13.6. The van der Waals surface area contributed by atoms with Crippen LogP contribution in [0.3, 0.4) is 0 Å². The van der Waals surface area contributed by atoms with Crippen LogP contribution in [0.25, 0.3) is 11.4 Å². The van der Waals surface area contributed by atoms with E-state index in [2.05, 4.69) is 15.4 Å². The van der Waals surface area contributed by atoms with Crippen molar-refractivity contribution in [2.75, 3.05) is 0 Å². The van der Waals surface area contributed by atoms with Gasteiger partial charge in [0.2, 0.25) is 5.82 Å². The van der Waals surface area contributed by atoms with E-state index in [4.69, 9.17) is 0 Å². The number of sulfonamides is 1. The molecule has 0 aliphatic heterocycles. The van der Waals surface area contributed by atoms with Crippen LogP contribution >= 0.6 is 0 Å². The van der Waals surface area contributed by atoms with Crippen LogP contribution in [-0.2, 0) is 21.4 Å². The molecule has 9 nitrogen and oxygen atoms in total. The first-order valence-electron chi connectivity index (χ1n) is 7.45. The molecular formula is C15H12F2N6O3S. The second kappa shape index (κ2) is 7.55. The summed E-state index contributed by atoms with van der Waals surface area (Å²) in [5.41, 5.74) is 2.51. The number of carbonyl (C=O) groups excluding carboxylic acids is 1. The minimum atomic E-state index is -4.64. The summed E-state index contributed by atoms with van der Waals surface area (Å²) in [6.07, 6.45) is 0. The summed E-state index contributed by atoms with van der Waals surface area (Å²) in [7, 11) is -4.64. The van der Waals surface area contributed by atoms with E-state index in [-0.39, 0.29) is 5.82 Å². The van der Waals surface area contributed by atoms with Gasteiger partial charge < -0.3 is 0 Å². The molecule has 3 rings (SSSR count). The van der Waals surface area contributed by atoms with Gasteiger partial charge in [-0.05, 0) is 17.3 Å². The number of halogens is 2. The third-order valence-corrected chi connectivity index (χ3v) is 4.58. The Labute approximate surface area is 152 Å². The molecular weight excluding hydrogens is 382 g/mol. The van der Waals surface area contributed by atoms with Gasteiger partial charge in [0.1, 0.15) is 18.2 Å². The summed E-state index contributed by atoms with van der Waals surface area (Å²) >= 11 is 0. The highest BCUT2D eigenvalue weighted by Crippen LogP contribution is 2.17. The number of hydrogen-bond acceptors (Lipinski definition) is 6. The van der Waals surface area contributed by atoms with Crippen LogP contribution in [0.15, 0.2) is 53.4 Å². The molecule has 0 atom stereocenters. The van der Waals surface area contributed by atoms with E-state index in [9.17, 15) is 22.0 Å². The highest BCUT2D eigenvalue weighted by Gasteiger charge is 2.24. The normalized spacial score (nSPS) is 11.3. The summed E-state index contributed by atoms with van der Waals surface area (Å²) in [5, 5.41) is 11.5. The Balaban J connectivity index is 1.64. The predicted molar refractivity (Wildman–Crippen MR) is 88.1 cm³/mol. The fourth-order valence-electron chi connectivity index (χ4n) is 2.10. The largest absolute Gasteiger partial charge is 0.276 e. The Morgan fingerprint density at radius 1 is 1.04 bits per heavy atom. The number of hydrazine groups is 1. The standard InChI is InChI=1S/C15H12F2N6O3S/c16-11-7-4-8-12(17)14(11)27(25,26)22-18-13(24)9-23-20-15(19-21-23)10-5-2-1-3-6-10/h1-8,22H,9H2,(H,18,24). The lowest BCUT2D eigenvalue weighted by molar-refractivity contribution is -0.122. The first-order valence-corrected chi connectivity index (χ1v) is 8.93. The minimum absolute atomic E-state index is 0.275. The molecule has 0 spiro atoms.